The first-order chi connectivity index (χ1) is 3.41. The summed E-state index contributed by atoms with van der Waals surface area (Å²) < 4.78 is 4.68. The van der Waals surface area contributed by atoms with Crippen LogP contribution in [0, 0.1) is 0 Å². The summed E-state index contributed by atoms with van der Waals surface area (Å²) in [5.41, 5.74) is 7.68. The lowest BCUT2D eigenvalue weighted by Gasteiger charge is -1.86. The predicted molar refractivity (Wildman–Crippen MR) is 29.1 cm³/mol. The summed E-state index contributed by atoms with van der Waals surface area (Å²) in [6, 6.07) is 0. The van der Waals surface area contributed by atoms with Gasteiger partial charge in [-0.15, -0.1) is 0 Å². The van der Waals surface area contributed by atoms with Crippen molar-refractivity contribution in [3.8, 4) is 0 Å². The predicted octanol–water partition coefficient (Wildman–Crippen LogP) is 1.84. The summed E-state index contributed by atoms with van der Waals surface area (Å²) in [7, 11) is -0.0594. The third kappa shape index (κ3) is 5.70. The van der Waals surface area contributed by atoms with Crippen LogP contribution in [0.3, 0.4) is 0 Å². The van der Waals surface area contributed by atoms with Gasteiger partial charge in [0.15, 0.2) is 0 Å². The summed E-state index contributed by atoms with van der Waals surface area (Å²) in [5.74, 6) is 0. The monoisotopic (exact) mass is 119 g/mol. The van der Waals surface area contributed by atoms with Crippen LogP contribution in [0.1, 0.15) is 6.92 Å². The Bertz CT molecular complexity index is 79.0. The van der Waals surface area contributed by atoms with Crippen molar-refractivity contribution in [3.63, 3.8) is 0 Å². The number of nitrogens with zero attached hydrogens (tertiary/aromatic N) is 3. The standard InChI is InChI=1S/C2H6N3OP/c1-2-6-7-5-4-3/h7H,2H2,1H3. The molecular weight excluding hydrogens is 113 g/mol. The molecule has 0 aliphatic rings. The van der Waals surface area contributed by atoms with E-state index in [1.165, 1.54) is 0 Å². The zero-order valence-corrected chi connectivity index (χ0v) is 4.96. The average Bonchev–Trinajstić information content (AvgIpc) is 1.69. The van der Waals surface area contributed by atoms with Gasteiger partial charge in [0.05, 0.1) is 0 Å². The summed E-state index contributed by atoms with van der Waals surface area (Å²) in [6.07, 6.45) is 0. The molecule has 0 radical (unpaired) electrons. The van der Waals surface area contributed by atoms with Crippen LogP contribution in [0.4, 0.5) is 0 Å². The Kier molecular flexibility index (Phi) is 5.46. The molecule has 0 N–H and O–H groups in total. The van der Waals surface area contributed by atoms with Crippen LogP contribution in [0.25, 0.3) is 10.4 Å². The SMILES string of the molecule is CCOPN=[N+]=[N-]. The van der Waals surface area contributed by atoms with Gasteiger partial charge >= 0.3 is 0 Å². The molecule has 0 heterocycles. The fourth-order valence-electron chi connectivity index (χ4n) is 0.112. The number of azide groups is 1. The molecule has 5 heteroatoms. The van der Waals surface area contributed by atoms with Gasteiger partial charge in [-0.05, 0) is 17.3 Å². The maximum Gasteiger partial charge on any atom is 0.107 e. The van der Waals surface area contributed by atoms with Crippen molar-refractivity contribution in [2.24, 2.45) is 4.88 Å². The highest BCUT2D eigenvalue weighted by molar-refractivity contribution is 7.30. The molecule has 0 spiro atoms. The van der Waals surface area contributed by atoms with E-state index in [0.717, 1.165) is 0 Å². The topological polar surface area (TPSA) is 58.0 Å². The van der Waals surface area contributed by atoms with E-state index in [0.29, 0.717) is 6.61 Å². The van der Waals surface area contributed by atoms with Crippen molar-refractivity contribution < 1.29 is 4.52 Å². The largest absolute Gasteiger partial charge is 0.356 e. The molecule has 0 aromatic heterocycles. The molecular formula is C2H6N3OP. The average molecular weight is 119 g/mol. The second-order valence-electron chi connectivity index (χ2n) is 0.714. The maximum absolute atomic E-state index is 7.68. The lowest BCUT2D eigenvalue weighted by Crippen LogP contribution is -1.68. The minimum Gasteiger partial charge on any atom is -0.356 e. The molecule has 0 aromatic carbocycles. The third-order valence-corrected chi connectivity index (χ3v) is 0.883. The van der Waals surface area contributed by atoms with E-state index in [9.17, 15) is 0 Å². The van der Waals surface area contributed by atoms with E-state index < -0.39 is 0 Å². The van der Waals surface area contributed by atoms with E-state index in [-0.39, 0.29) is 8.96 Å². The van der Waals surface area contributed by atoms with Crippen molar-refractivity contribution in [1.29, 1.82) is 0 Å². The van der Waals surface area contributed by atoms with Crippen LogP contribution in [0.2, 0.25) is 0 Å². The lowest BCUT2D eigenvalue weighted by molar-refractivity contribution is 0.390. The minimum absolute atomic E-state index is 0.0594. The van der Waals surface area contributed by atoms with Crippen LogP contribution < -0.4 is 0 Å². The number of hydrogen-bond donors (Lipinski definition) is 0. The first-order valence-corrected chi connectivity index (χ1v) is 2.68. The summed E-state index contributed by atoms with van der Waals surface area (Å²) >= 11 is 0. The molecule has 0 aromatic rings. The van der Waals surface area contributed by atoms with Gasteiger partial charge < -0.3 is 4.52 Å². The molecule has 0 bridgehead atoms. The van der Waals surface area contributed by atoms with Crippen molar-refractivity contribution in [2.75, 3.05) is 6.61 Å². The van der Waals surface area contributed by atoms with Gasteiger partial charge in [0, 0.05) is 11.5 Å². The van der Waals surface area contributed by atoms with Crippen LogP contribution in [0.5, 0.6) is 0 Å². The van der Waals surface area contributed by atoms with Crippen LogP contribution in [0.15, 0.2) is 4.88 Å². The molecule has 0 aliphatic heterocycles. The highest BCUT2D eigenvalue weighted by Crippen LogP contribution is 2.11. The highest BCUT2D eigenvalue weighted by atomic mass is 31.1. The molecule has 0 rings (SSSR count). The molecule has 7 heavy (non-hydrogen) atoms. The van der Waals surface area contributed by atoms with Crippen LogP contribution >= 0.6 is 8.96 Å². The Morgan fingerprint density at radius 3 is 3.14 bits per heavy atom. The summed E-state index contributed by atoms with van der Waals surface area (Å²) in [6.45, 7) is 2.46. The normalized spacial score (nSPS) is 9.29. The second kappa shape index (κ2) is 5.70. The highest BCUT2D eigenvalue weighted by Gasteiger charge is 1.71. The number of rotatable bonds is 3. The molecule has 4 nitrogen and oxygen atoms in total. The smallest absolute Gasteiger partial charge is 0.107 e. The molecule has 40 valence electrons. The Morgan fingerprint density at radius 1 is 2.00 bits per heavy atom. The van der Waals surface area contributed by atoms with Crippen molar-refractivity contribution in [3.05, 3.63) is 10.4 Å². The summed E-state index contributed by atoms with van der Waals surface area (Å²) in [4.78, 5) is 5.63. The van der Waals surface area contributed by atoms with E-state index in [1.54, 1.807) is 0 Å². The van der Waals surface area contributed by atoms with Gasteiger partial charge in [-0.1, -0.05) is 0 Å². The Balaban J connectivity index is 2.83. The molecule has 0 amide bonds. The minimum atomic E-state index is -0.0594. The molecule has 0 aliphatic carbocycles. The first kappa shape index (κ1) is 6.70. The molecule has 0 fully saturated rings. The maximum atomic E-state index is 7.68. The molecule has 0 saturated heterocycles. The van der Waals surface area contributed by atoms with E-state index in [2.05, 4.69) is 14.3 Å². The van der Waals surface area contributed by atoms with Crippen LogP contribution in [-0.2, 0) is 4.52 Å². The van der Waals surface area contributed by atoms with Gasteiger partial charge in [0.2, 0.25) is 0 Å². The van der Waals surface area contributed by atoms with Crippen molar-refractivity contribution in [1.82, 2.24) is 0 Å². The lowest BCUT2D eigenvalue weighted by atomic mass is 10.9. The third-order valence-electron chi connectivity index (χ3n) is 0.294. The zero-order chi connectivity index (χ0) is 5.54. The van der Waals surface area contributed by atoms with Gasteiger partial charge in [-0.2, -0.15) is 0 Å². The van der Waals surface area contributed by atoms with Crippen LogP contribution in [-0.4, -0.2) is 6.61 Å². The van der Waals surface area contributed by atoms with Gasteiger partial charge in [0.25, 0.3) is 0 Å². The van der Waals surface area contributed by atoms with Gasteiger partial charge in [-0.25, -0.2) is 0 Å². The summed E-state index contributed by atoms with van der Waals surface area (Å²) in [5, 5.41) is 0. The first-order valence-electron chi connectivity index (χ1n) is 1.82. The Morgan fingerprint density at radius 2 is 2.71 bits per heavy atom. The van der Waals surface area contributed by atoms with Crippen molar-refractivity contribution in [2.45, 2.75) is 6.92 Å². The fourth-order valence-corrected chi connectivity index (χ4v) is 0.335. The quantitative estimate of drug-likeness (QED) is 0.184. The second-order valence-corrected chi connectivity index (χ2v) is 1.38. The van der Waals surface area contributed by atoms with E-state index in [1.807, 2.05) is 6.92 Å². The molecule has 0 saturated carbocycles. The van der Waals surface area contributed by atoms with Gasteiger partial charge in [0.1, 0.15) is 8.96 Å². The zero-order valence-electron chi connectivity index (χ0n) is 3.96. The Labute approximate surface area is 43.4 Å². The fraction of sp³-hybridized carbons (Fsp3) is 1.00. The molecule has 1 atom stereocenters. The Hall–Kier alpha value is -0.300. The van der Waals surface area contributed by atoms with E-state index in [4.69, 9.17) is 5.53 Å². The molecule has 1 unspecified atom stereocenters. The van der Waals surface area contributed by atoms with Crippen molar-refractivity contribution >= 4 is 8.96 Å². The van der Waals surface area contributed by atoms with E-state index >= 15 is 0 Å². The van der Waals surface area contributed by atoms with Gasteiger partial charge in [-0.3, -0.25) is 0 Å². The number of hydrogen-bond acceptors (Lipinski definition) is 2.